The minimum absolute atomic E-state index is 0.0149. The summed E-state index contributed by atoms with van der Waals surface area (Å²) < 4.78 is 5.82. The van der Waals surface area contributed by atoms with Crippen molar-refractivity contribution in [1.82, 2.24) is 10.2 Å². The molecule has 0 aliphatic carbocycles. The molecule has 1 aromatic carbocycles. The molecule has 1 aliphatic rings. The van der Waals surface area contributed by atoms with E-state index < -0.39 is 0 Å². The third kappa shape index (κ3) is 5.76. The van der Waals surface area contributed by atoms with Crippen molar-refractivity contribution in [3.8, 4) is 5.75 Å². The van der Waals surface area contributed by atoms with Crippen LogP contribution in [0.4, 0.5) is 0 Å². The van der Waals surface area contributed by atoms with Gasteiger partial charge in [-0.3, -0.25) is 9.59 Å². The molecule has 1 unspecified atom stereocenters. The van der Waals surface area contributed by atoms with E-state index in [4.69, 9.17) is 4.74 Å². The highest BCUT2D eigenvalue weighted by atomic mass is 16.5. The standard InChI is InChI=1S/C20H30N2O3/c1-15(2)18-9-4-5-10-19(18)25-13-11-21-20(24)14-17-8-6-7-12-22(17)16(3)23/h4-5,9-10,15,17H,6-8,11-14H2,1-3H3,(H,21,24). The van der Waals surface area contributed by atoms with E-state index in [1.807, 2.05) is 23.1 Å². The Bertz CT molecular complexity index is 586. The van der Waals surface area contributed by atoms with Crippen LogP contribution in [0.3, 0.4) is 0 Å². The van der Waals surface area contributed by atoms with Crippen molar-refractivity contribution in [2.75, 3.05) is 19.7 Å². The van der Waals surface area contributed by atoms with Gasteiger partial charge in [0, 0.05) is 25.9 Å². The fourth-order valence-electron chi connectivity index (χ4n) is 3.35. The van der Waals surface area contributed by atoms with Gasteiger partial charge in [0.1, 0.15) is 12.4 Å². The lowest BCUT2D eigenvalue weighted by Crippen LogP contribution is -2.45. The fourth-order valence-corrected chi connectivity index (χ4v) is 3.35. The van der Waals surface area contributed by atoms with Gasteiger partial charge in [0.2, 0.25) is 11.8 Å². The zero-order chi connectivity index (χ0) is 18.2. The van der Waals surface area contributed by atoms with Gasteiger partial charge in [-0.15, -0.1) is 0 Å². The van der Waals surface area contributed by atoms with Gasteiger partial charge in [-0.2, -0.15) is 0 Å². The molecule has 1 heterocycles. The molecular formula is C20H30N2O3. The van der Waals surface area contributed by atoms with Gasteiger partial charge >= 0.3 is 0 Å². The summed E-state index contributed by atoms with van der Waals surface area (Å²) >= 11 is 0. The fraction of sp³-hybridized carbons (Fsp3) is 0.600. The van der Waals surface area contributed by atoms with Gasteiger partial charge in [-0.1, -0.05) is 32.0 Å². The van der Waals surface area contributed by atoms with E-state index in [-0.39, 0.29) is 17.9 Å². The first-order valence-electron chi connectivity index (χ1n) is 9.24. The monoisotopic (exact) mass is 346 g/mol. The smallest absolute Gasteiger partial charge is 0.222 e. The summed E-state index contributed by atoms with van der Waals surface area (Å²) in [5, 5.41) is 2.91. The summed E-state index contributed by atoms with van der Waals surface area (Å²) in [4.78, 5) is 25.7. The van der Waals surface area contributed by atoms with Crippen LogP contribution in [0, 0.1) is 0 Å². The Kier molecular flexibility index (Phi) is 7.29. The summed E-state index contributed by atoms with van der Waals surface area (Å²) in [5.74, 6) is 1.32. The zero-order valence-electron chi connectivity index (χ0n) is 15.6. The number of carbonyl (C=O) groups is 2. The number of hydrogen-bond acceptors (Lipinski definition) is 3. The Morgan fingerprint density at radius 2 is 2.04 bits per heavy atom. The second-order valence-electron chi connectivity index (χ2n) is 6.96. The number of amides is 2. The highest BCUT2D eigenvalue weighted by Crippen LogP contribution is 2.25. The summed E-state index contributed by atoms with van der Waals surface area (Å²) in [6, 6.07) is 8.03. The number of hydrogen-bond donors (Lipinski definition) is 1. The first kappa shape index (κ1) is 19.3. The lowest BCUT2D eigenvalue weighted by molar-refractivity contribution is -0.134. The number of rotatable bonds is 7. The van der Waals surface area contributed by atoms with Gasteiger partial charge in [-0.05, 0) is 36.8 Å². The number of nitrogens with zero attached hydrogens (tertiary/aromatic N) is 1. The SMILES string of the molecule is CC(=O)N1CCCCC1CC(=O)NCCOc1ccccc1C(C)C. The average Bonchev–Trinajstić information content (AvgIpc) is 2.59. The summed E-state index contributed by atoms with van der Waals surface area (Å²) in [6.07, 6.45) is 3.39. The molecule has 0 saturated carbocycles. The zero-order valence-corrected chi connectivity index (χ0v) is 15.6. The Morgan fingerprint density at radius 3 is 2.76 bits per heavy atom. The van der Waals surface area contributed by atoms with Gasteiger partial charge in [0.25, 0.3) is 0 Å². The summed E-state index contributed by atoms with van der Waals surface area (Å²) in [7, 11) is 0. The molecule has 0 radical (unpaired) electrons. The molecule has 1 aromatic rings. The van der Waals surface area contributed by atoms with Crippen molar-refractivity contribution in [2.45, 2.75) is 58.4 Å². The number of para-hydroxylation sites is 1. The predicted octanol–water partition coefficient (Wildman–Crippen LogP) is 3.10. The highest BCUT2D eigenvalue weighted by molar-refractivity contribution is 5.78. The Labute approximate surface area is 150 Å². The van der Waals surface area contributed by atoms with Crippen LogP contribution in [-0.2, 0) is 9.59 Å². The Balaban J connectivity index is 1.74. The van der Waals surface area contributed by atoms with Crippen LogP contribution in [-0.4, -0.2) is 42.5 Å². The molecular weight excluding hydrogens is 316 g/mol. The minimum atomic E-state index is -0.0149. The summed E-state index contributed by atoms with van der Waals surface area (Å²) in [6.45, 7) is 7.52. The minimum Gasteiger partial charge on any atom is -0.491 e. The van der Waals surface area contributed by atoms with Crippen molar-refractivity contribution in [3.63, 3.8) is 0 Å². The van der Waals surface area contributed by atoms with Crippen LogP contribution in [0.25, 0.3) is 0 Å². The molecule has 1 saturated heterocycles. The van der Waals surface area contributed by atoms with E-state index >= 15 is 0 Å². The Morgan fingerprint density at radius 1 is 1.28 bits per heavy atom. The van der Waals surface area contributed by atoms with E-state index in [1.54, 1.807) is 6.92 Å². The van der Waals surface area contributed by atoms with Crippen LogP contribution in [0.15, 0.2) is 24.3 Å². The van der Waals surface area contributed by atoms with Crippen LogP contribution >= 0.6 is 0 Å². The second kappa shape index (κ2) is 9.44. The van der Waals surface area contributed by atoms with Crippen LogP contribution in [0.1, 0.15) is 57.9 Å². The lowest BCUT2D eigenvalue weighted by Gasteiger charge is -2.34. The molecule has 1 N–H and O–H groups in total. The van der Waals surface area contributed by atoms with Crippen molar-refractivity contribution < 1.29 is 14.3 Å². The molecule has 2 amide bonds. The molecule has 0 spiro atoms. The average molecular weight is 346 g/mol. The van der Waals surface area contributed by atoms with Gasteiger partial charge < -0.3 is 15.0 Å². The van der Waals surface area contributed by atoms with Crippen molar-refractivity contribution >= 4 is 11.8 Å². The topological polar surface area (TPSA) is 58.6 Å². The maximum Gasteiger partial charge on any atom is 0.222 e. The molecule has 138 valence electrons. The highest BCUT2D eigenvalue weighted by Gasteiger charge is 2.26. The molecule has 5 heteroatoms. The molecule has 25 heavy (non-hydrogen) atoms. The van der Waals surface area contributed by atoms with Crippen molar-refractivity contribution in [1.29, 1.82) is 0 Å². The number of nitrogens with one attached hydrogen (secondary N) is 1. The number of likely N-dealkylation sites (tertiary alicyclic amines) is 1. The van der Waals surface area contributed by atoms with Gasteiger partial charge in [0.15, 0.2) is 0 Å². The van der Waals surface area contributed by atoms with Crippen LogP contribution in [0.2, 0.25) is 0 Å². The van der Waals surface area contributed by atoms with Crippen molar-refractivity contribution in [2.24, 2.45) is 0 Å². The molecule has 2 rings (SSSR count). The molecule has 0 aromatic heterocycles. The molecule has 1 fully saturated rings. The van der Waals surface area contributed by atoms with E-state index in [1.165, 1.54) is 5.56 Å². The van der Waals surface area contributed by atoms with Crippen LogP contribution in [0.5, 0.6) is 5.75 Å². The third-order valence-corrected chi connectivity index (χ3v) is 4.68. The van der Waals surface area contributed by atoms with E-state index in [9.17, 15) is 9.59 Å². The lowest BCUT2D eigenvalue weighted by atomic mass is 9.99. The Hall–Kier alpha value is -2.04. The quantitative estimate of drug-likeness (QED) is 0.772. The number of benzene rings is 1. The number of piperidine rings is 1. The normalized spacial score (nSPS) is 17.4. The first-order valence-corrected chi connectivity index (χ1v) is 9.24. The molecule has 0 bridgehead atoms. The van der Waals surface area contributed by atoms with E-state index in [2.05, 4.69) is 25.2 Å². The third-order valence-electron chi connectivity index (χ3n) is 4.68. The molecule has 1 atom stereocenters. The maximum absolute atomic E-state index is 12.2. The maximum atomic E-state index is 12.2. The molecule has 5 nitrogen and oxygen atoms in total. The van der Waals surface area contributed by atoms with E-state index in [0.717, 1.165) is 31.6 Å². The predicted molar refractivity (Wildman–Crippen MR) is 98.7 cm³/mol. The van der Waals surface area contributed by atoms with Gasteiger partial charge in [0.05, 0.1) is 6.54 Å². The largest absolute Gasteiger partial charge is 0.491 e. The van der Waals surface area contributed by atoms with Crippen molar-refractivity contribution in [3.05, 3.63) is 29.8 Å². The second-order valence-corrected chi connectivity index (χ2v) is 6.96. The molecule has 1 aliphatic heterocycles. The first-order chi connectivity index (χ1) is 12.0. The number of ether oxygens (including phenoxy) is 1. The number of carbonyl (C=O) groups excluding carboxylic acids is 2. The summed E-state index contributed by atoms with van der Waals surface area (Å²) in [5.41, 5.74) is 1.17. The van der Waals surface area contributed by atoms with E-state index in [0.29, 0.717) is 25.5 Å². The van der Waals surface area contributed by atoms with Gasteiger partial charge in [-0.25, -0.2) is 0 Å². The van der Waals surface area contributed by atoms with Crippen LogP contribution < -0.4 is 10.1 Å².